The number of primary amides is 1. The molecular formula is C16H11N3OS. The first kappa shape index (κ1) is 12.1. The molecule has 2 heterocycles. The largest absolute Gasteiger partial charge is 0.366 e. The summed E-state index contributed by atoms with van der Waals surface area (Å²) >= 11 is 1.65. The smallest absolute Gasteiger partial charge is 0.248 e. The molecule has 0 aliphatic rings. The molecule has 0 saturated carbocycles. The summed E-state index contributed by atoms with van der Waals surface area (Å²) in [6.07, 6.45) is 1.99. The molecule has 2 N–H and O–H groups in total. The van der Waals surface area contributed by atoms with Gasteiger partial charge in [-0.3, -0.25) is 9.20 Å². The van der Waals surface area contributed by atoms with Crippen molar-refractivity contribution >= 4 is 32.4 Å². The van der Waals surface area contributed by atoms with Crippen LogP contribution in [0.3, 0.4) is 0 Å². The second kappa shape index (κ2) is 4.43. The predicted octanol–water partition coefficient (Wildman–Crippen LogP) is 3.31. The van der Waals surface area contributed by atoms with E-state index in [0.29, 0.717) is 5.56 Å². The van der Waals surface area contributed by atoms with Crippen LogP contribution < -0.4 is 5.73 Å². The van der Waals surface area contributed by atoms with Gasteiger partial charge in [-0.1, -0.05) is 35.6 Å². The van der Waals surface area contributed by atoms with Crippen LogP contribution in [0.1, 0.15) is 10.4 Å². The Bertz CT molecular complexity index is 983. The first-order valence-corrected chi connectivity index (χ1v) is 7.31. The molecule has 4 rings (SSSR count). The van der Waals surface area contributed by atoms with Gasteiger partial charge in [0.15, 0.2) is 4.96 Å². The second-order valence-corrected chi connectivity index (χ2v) is 5.80. The van der Waals surface area contributed by atoms with Crippen molar-refractivity contribution in [3.8, 4) is 11.3 Å². The summed E-state index contributed by atoms with van der Waals surface area (Å²) in [4.78, 5) is 16.9. The molecule has 4 aromatic rings. The van der Waals surface area contributed by atoms with Gasteiger partial charge >= 0.3 is 0 Å². The first-order valence-electron chi connectivity index (χ1n) is 6.49. The number of hydrogen-bond donors (Lipinski definition) is 1. The number of nitrogens with two attached hydrogens (primary N) is 1. The minimum atomic E-state index is -0.427. The summed E-state index contributed by atoms with van der Waals surface area (Å²) in [7, 11) is 0. The second-order valence-electron chi connectivity index (χ2n) is 4.79. The van der Waals surface area contributed by atoms with Crippen LogP contribution >= 0.6 is 11.3 Å². The minimum absolute atomic E-state index is 0.427. The fourth-order valence-electron chi connectivity index (χ4n) is 2.42. The average Bonchev–Trinajstić information content (AvgIpc) is 3.05. The summed E-state index contributed by atoms with van der Waals surface area (Å²) in [5.74, 6) is -0.427. The van der Waals surface area contributed by atoms with Crippen LogP contribution in [0.5, 0.6) is 0 Å². The maximum absolute atomic E-state index is 11.3. The highest BCUT2D eigenvalue weighted by molar-refractivity contribution is 7.23. The van der Waals surface area contributed by atoms with Crippen molar-refractivity contribution in [1.29, 1.82) is 0 Å². The van der Waals surface area contributed by atoms with Gasteiger partial charge in [-0.2, -0.15) is 0 Å². The van der Waals surface area contributed by atoms with E-state index < -0.39 is 5.91 Å². The van der Waals surface area contributed by atoms with E-state index in [1.54, 1.807) is 23.5 Å². The molecule has 0 atom stereocenters. The third-order valence-electron chi connectivity index (χ3n) is 3.44. The molecule has 1 amide bonds. The topological polar surface area (TPSA) is 60.4 Å². The zero-order valence-electron chi connectivity index (χ0n) is 11.0. The van der Waals surface area contributed by atoms with Gasteiger partial charge in [-0.05, 0) is 24.3 Å². The number of amides is 1. The summed E-state index contributed by atoms with van der Waals surface area (Å²) in [5.41, 5.74) is 8.70. The molecular weight excluding hydrogens is 282 g/mol. The van der Waals surface area contributed by atoms with Crippen molar-refractivity contribution in [2.24, 2.45) is 5.73 Å². The molecule has 0 radical (unpaired) electrons. The molecule has 21 heavy (non-hydrogen) atoms. The van der Waals surface area contributed by atoms with E-state index in [9.17, 15) is 4.79 Å². The molecule has 0 spiro atoms. The zero-order valence-corrected chi connectivity index (χ0v) is 11.8. The van der Waals surface area contributed by atoms with Gasteiger partial charge in [0.2, 0.25) is 5.91 Å². The highest BCUT2D eigenvalue weighted by Crippen LogP contribution is 2.29. The van der Waals surface area contributed by atoms with Crippen LogP contribution in [0.4, 0.5) is 0 Å². The fourth-order valence-corrected chi connectivity index (χ4v) is 3.43. The maximum Gasteiger partial charge on any atom is 0.248 e. The van der Waals surface area contributed by atoms with Crippen molar-refractivity contribution in [2.75, 3.05) is 0 Å². The third kappa shape index (κ3) is 1.90. The number of rotatable bonds is 2. The average molecular weight is 293 g/mol. The number of para-hydroxylation sites is 1. The van der Waals surface area contributed by atoms with Crippen molar-refractivity contribution in [3.63, 3.8) is 0 Å². The summed E-state index contributed by atoms with van der Waals surface area (Å²) in [5, 5.41) is 0. The Morgan fingerprint density at radius 1 is 1.14 bits per heavy atom. The van der Waals surface area contributed by atoms with Gasteiger partial charge in [0, 0.05) is 17.3 Å². The van der Waals surface area contributed by atoms with E-state index >= 15 is 0 Å². The molecule has 0 unspecified atom stereocenters. The number of hydrogen-bond acceptors (Lipinski definition) is 3. The van der Waals surface area contributed by atoms with Gasteiger partial charge in [0.25, 0.3) is 0 Å². The van der Waals surface area contributed by atoms with Gasteiger partial charge in [-0.15, -0.1) is 0 Å². The lowest BCUT2D eigenvalue weighted by atomic mass is 10.1. The minimum Gasteiger partial charge on any atom is -0.366 e. The SMILES string of the molecule is NC(=O)c1cccc(-c2cn3c(n2)sc2ccccc23)c1. The Morgan fingerprint density at radius 3 is 2.86 bits per heavy atom. The number of nitrogens with zero attached hydrogens (tertiary/aromatic N) is 2. The van der Waals surface area contributed by atoms with Crippen molar-refractivity contribution in [1.82, 2.24) is 9.38 Å². The van der Waals surface area contributed by atoms with Crippen LogP contribution in [0, 0.1) is 0 Å². The van der Waals surface area contributed by atoms with Crippen molar-refractivity contribution in [2.45, 2.75) is 0 Å². The standard InChI is InChI=1S/C16H11N3OS/c17-15(20)11-5-3-4-10(8-11)12-9-19-13-6-1-2-7-14(13)21-16(19)18-12/h1-9H,(H2,17,20). The third-order valence-corrected chi connectivity index (χ3v) is 4.48. The Hall–Kier alpha value is -2.66. The molecule has 2 aromatic heterocycles. The molecule has 0 bridgehead atoms. The molecule has 102 valence electrons. The monoisotopic (exact) mass is 293 g/mol. The van der Waals surface area contributed by atoms with Gasteiger partial charge in [0.1, 0.15) is 0 Å². The molecule has 5 heteroatoms. The van der Waals surface area contributed by atoms with E-state index in [1.165, 1.54) is 4.70 Å². The fraction of sp³-hybridized carbons (Fsp3) is 0. The lowest BCUT2D eigenvalue weighted by Gasteiger charge is -1.99. The van der Waals surface area contributed by atoms with Crippen LogP contribution in [0.15, 0.2) is 54.7 Å². The number of carbonyl (C=O) groups is 1. The Kier molecular flexibility index (Phi) is 2.55. The summed E-state index contributed by atoms with van der Waals surface area (Å²) in [6.45, 7) is 0. The lowest BCUT2D eigenvalue weighted by molar-refractivity contribution is 0.100. The van der Waals surface area contributed by atoms with Crippen molar-refractivity contribution in [3.05, 3.63) is 60.3 Å². The van der Waals surface area contributed by atoms with Gasteiger partial charge in [-0.25, -0.2) is 4.98 Å². The zero-order chi connectivity index (χ0) is 14.4. The maximum atomic E-state index is 11.3. The molecule has 2 aromatic carbocycles. The first-order chi connectivity index (χ1) is 10.2. The predicted molar refractivity (Wildman–Crippen MR) is 84.5 cm³/mol. The molecule has 4 nitrogen and oxygen atoms in total. The Balaban J connectivity index is 1.91. The quantitative estimate of drug-likeness (QED) is 0.616. The van der Waals surface area contributed by atoms with E-state index in [2.05, 4.69) is 21.5 Å². The number of benzene rings is 2. The van der Waals surface area contributed by atoms with Crippen LogP contribution in [0.2, 0.25) is 0 Å². The number of aromatic nitrogens is 2. The van der Waals surface area contributed by atoms with Crippen molar-refractivity contribution < 1.29 is 4.79 Å². The Labute approximate surface area is 124 Å². The molecule has 0 saturated heterocycles. The van der Waals surface area contributed by atoms with E-state index in [4.69, 9.17) is 5.73 Å². The summed E-state index contributed by atoms with van der Waals surface area (Å²) < 4.78 is 3.28. The highest BCUT2D eigenvalue weighted by Gasteiger charge is 2.10. The van der Waals surface area contributed by atoms with Gasteiger partial charge < -0.3 is 5.73 Å². The molecule has 0 aliphatic carbocycles. The number of carbonyl (C=O) groups excluding carboxylic acids is 1. The van der Waals surface area contributed by atoms with E-state index in [-0.39, 0.29) is 0 Å². The number of imidazole rings is 1. The van der Waals surface area contributed by atoms with Crippen LogP contribution in [0.25, 0.3) is 26.4 Å². The van der Waals surface area contributed by atoms with E-state index in [1.807, 2.05) is 30.5 Å². The molecule has 0 fully saturated rings. The number of thiazole rings is 1. The summed E-state index contributed by atoms with van der Waals surface area (Å²) in [6, 6.07) is 15.4. The van der Waals surface area contributed by atoms with Crippen LogP contribution in [-0.2, 0) is 0 Å². The highest BCUT2D eigenvalue weighted by atomic mass is 32.1. The normalized spacial score (nSPS) is 11.2. The number of fused-ring (bicyclic) bond motifs is 3. The molecule has 0 aliphatic heterocycles. The lowest BCUT2D eigenvalue weighted by Crippen LogP contribution is -2.10. The van der Waals surface area contributed by atoms with Crippen LogP contribution in [-0.4, -0.2) is 15.3 Å². The van der Waals surface area contributed by atoms with E-state index in [0.717, 1.165) is 21.7 Å². The Morgan fingerprint density at radius 2 is 2.00 bits per heavy atom. The van der Waals surface area contributed by atoms with Gasteiger partial charge in [0.05, 0.1) is 15.9 Å².